The molecular formula is C17H25F2N. The highest BCUT2D eigenvalue weighted by Gasteiger charge is 2.26. The maximum absolute atomic E-state index is 13.8. The molecule has 0 heterocycles. The molecule has 2 rings (SSSR count). The molecule has 0 spiro atoms. The van der Waals surface area contributed by atoms with Crippen molar-refractivity contribution in [2.45, 2.75) is 45.4 Å². The van der Waals surface area contributed by atoms with Gasteiger partial charge < -0.3 is 5.32 Å². The molecule has 0 aromatic heterocycles. The van der Waals surface area contributed by atoms with Crippen LogP contribution >= 0.6 is 0 Å². The lowest BCUT2D eigenvalue weighted by molar-refractivity contribution is 0.314. The van der Waals surface area contributed by atoms with E-state index in [0.29, 0.717) is 18.3 Å². The quantitative estimate of drug-likeness (QED) is 0.734. The molecular weight excluding hydrogens is 256 g/mol. The zero-order chi connectivity index (χ0) is 14.4. The number of hydrogen-bond donors (Lipinski definition) is 1. The first-order valence-corrected chi connectivity index (χ1v) is 7.86. The maximum Gasteiger partial charge on any atom is 0.129 e. The van der Waals surface area contributed by atoms with Crippen LogP contribution in [0.25, 0.3) is 0 Å². The number of hydrogen-bond acceptors (Lipinski definition) is 1. The highest BCUT2D eigenvalue weighted by atomic mass is 19.1. The van der Waals surface area contributed by atoms with Gasteiger partial charge in [0.05, 0.1) is 0 Å². The third-order valence-electron chi connectivity index (χ3n) is 4.43. The molecule has 1 unspecified atom stereocenters. The Hall–Kier alpha value is -0.960. The molecule has 0 aliphatic heterocycles. The molecule has 1 aromatic carbocycles. The summed E-state index contributed by atoms with van der Waals surface area (Å²) >= 11 is 0. The summed E-state index contributed by atoms with van der Waals surface area (Å²) < 4.78 is 27.7. The summed E-state index contributed by atoms with van der Waals surface area (Å²) in [6, 6.07) is 4.17. The average Bonchev–Trinajstić information content (AvgIpc) is 2.95. The Labute approximate surface area is 120 Å². The van der Waals surface area contributed by atoms with Crippen molar-refractivity contribution in [3.63, 3.8) is 0 Å². The van der Waals surface area contributed by atoms with Crippen LogP contribution in [0, 0.1) is 23.5 Å². The van der Waals surface area contributed by atoms with Gasteiger partial charge in [-0.3, -0.25) is 0 Å². The van der Waals surface area contributed by atoms with Crippen molar-refractivity contribution in [2.75, 3.05) is 13.1 Å². The maximum atomic E-state index is 13.8. The fourth-order valence-electron chi connectivity index (χ4n) is 3.29. The lowest BCUT2D eigenvalue weighted by Crippen LogP contribution is -2.30. The Morgan fingerprint density at radius 3 is 2.45 bits per heavy atom. The highest BCUT2D eigenvalue weighted by molar-refractivity contribution is 5.20. The Bertz CT molecular complexity index is 393. The van der Waals surface area contributed by atoms with Gasteiger partial charge in [0.15, 0.2) is 0 Å². The van der Waals surface area contributed by atoms with Gasteiger partial charge in [-0.05, 0) is 49.9 Å². The zero-order valence-electron chi connectivity index (χ0n) is 12.3. The molecule has 1 nitrogen and oxygen atoms in total. The minimum Gasteiger partial charge on any atom is -0.316 e. The van der Waals surface area contributed by atoms with Crippen molar-refractivity contribution < 1.29 is 8.78 Å². The van der Waals surface area contributed by atoms with Crippen molar-refractivity contribution in [1.29, 1.82) is 0 Å². The summed E-state index contributed by atoms with van der Waals surface area (Å²) in [6.07, 6.45) is 6.53. The second-order valence-electron chi connectivity index (χ2n) is 5.91. The third-order valence-corrected chi connectivity index (χ3v) is 4.43. The molecule has 1 saturated carbocycles. The van der Waals surface area contributed by atoms with E-state index < -0.39 is 11.6 Å². The van der Waals surface area contributed by atoms with Gasteiger partial charge in [0.1, 0.15) is 11.6 Å². The van der Waals surface area contributed by atoms with Crippen LogP contribution in [0.4, 0.5) is 8.78 Å². The van der Waals surface area contributed by atoms with Crippen molar-refractivity contribution in [3.05, 3.63) is 35.4 Å². The standard InChI is InChI=1S/C17H25F2N/c1-2-10-20-12-14(13-6-3-4-7-13)11-15-16(18)8-5-9-17(15)19/h5,8-9,13-14,20H,2-4,6-7,10-12H2,1H3. The summed E-state index contributed by atoms with van der Waals surface area (Å²) in [5.41, 5.74) is 0.266. The number of rotatable bonds is 7. The molecule has 0 bridgehead atoms. The van der Waals surface area contributed by atoms with E-state index in [9.17, 15) is 8.78 Å². The first kappa shape index (κ1) is 15.4. The molecule has 0 saturated heterocycles. The SMILES string of the molecule is CCCNCC(Cc1c(F)cccc1F)C1CCCC1. The van der Waals surface area contributed by atoms with Crippen LogP contribution in [0.15, 0.2) is 18.2 Å². The van der Waals surface area contributed by atoms with Crippen LogP contribution in [0.5, 0.6) is 0 Å². The largest absolute Gasteiger partial charge is 0.316 e. The fraction of sp³-hybridized carbons (Fsp3) is 0.647. The van der Waals surface area contributed by atoms with Gasteiger partial charge >= 0.3 is 0 Å². The van der Waals surface area contributed by atoms with E-state index in [1.54, 1.807) is 0 Å². The van der Waals surface area contributed by atoms with E-state index >= 15 is 0 Å². The van der Waals surface area contributed by atoms with Crippen molar-refractivity contribution in [1.82, 2.24) is 5.32 Å². The predicted octanol–water partition coefficient (Wildman–Crippen LogP) is 4.31. The Kier molecular flexibility index (Phi) is 5.96. The van der Waals surface area contributed by atoms with Crippen LogP contribution in [0.1, 0.15) is 44.6 Å². The van der Waals surface area contributed by atoms with Crippen LogP contribution in [-0.2, 0) is 6.42 Å². The zero-order valence-corrected chi connectivity index (χ0v) is 12.3. The lowest BCUT2D eigenvalue weighted by Gasteiger charge is -2.24. The Balaban J connectivity index is 2.05. The van der Waals surface area contributed by atoms with Gasteiger partial charge in [-0.2, -0.15) is 0 Å². The minimum absolute atomic E-state index is 0.266. The monoisotopic (exact) mass is 281 g/mol. The molecule has 1 atom stereocenters. The molecule has 1 N–H and O–H groups in total. The number of nitrogens with one attached hydrogen (secondary N) is 1. The average molecular weight is 281 g/mol. The van der Waals surface area contributed by atoms with Crippen molar-refractivity contribution >= 4 is 0 Å². The molecule has 3 heteroatoms. The van der Waals surface area contributed by atoms with Crippen LogP contribution in [0.3, 0.4) is 0 Å². The summed E-state index contributed by atoms with van der Waals surface area (Å²) in [7, 11) is 0. The molecule has 1 fully saturated rings. The van der Waals surface area contributed by atoms with Gasteiger partial charge in [0.2, 0.25) is 0 Å². The van der Waals surface area contributed by atoms with Gasteiger partial charge in [0, 0.05) is 5.56 Å². The van der Waals surface area contributed by atoms with Crippen molar-refractivity contribution in [2.24, 2.45) is 11.8 Å². The molecule has 20 heavy (non-hydrogen) atoms. The van der Waals surface area contributed by atoms with E-state index in [1.807, 2.05) is 0 Å². The number of benzene rings is 1. The third kappa shape index (κ3) is 4.02. The molecule has 1 aromatic rings. The first-order chi connectivity index (χ1) is 9.72. The van der Waals surface area contributed by atoms with Crippen LogP contribution in [-0.4, -0.2) is 13.1 Å². The van der Waals surface area contributed by atoms with Gasteiger partial charge in [-0.25, -0.2) is 8.78 Å². The smallest absolute Gasteiger partial charge is 0.129 e. The number of halogens is 2. The second kappa shape index (κ2) is 7.72. The molecule has 1 aliphatic rings. The lowest BCUT2D eigenvalue weighted by atomic mass is 9.85. The van der Waals surface area contributed by atoms with Gasteiger partial charge in [-0.1, -0.05) is 38.7 Å². The van der Waals surface area contributed by atoms with Crippen molar-refractivity contribution in [3.8, 4) is 0 Å². The first-order valence-electron chi connectivity index (χ1n) is 7.86. The molecule has 0 amide bonds. The van der Waals surface area contributed by atoms with Crippen LogP contribution < -0.4 is 5.32 Å². The van der Waals surface area contributed by atoms with E-state index in [4.69, 9.17) is 0 Å². The van der Waals surface area contributed by atoms with E-state index in [-0.39, 0.29) is 5.56 Å². The molecule has 112 valence electrons. The summed E-state index contributed by atoms with van der Waals surface area (Å²) in [5, 5.41) is 3.43. The van der Waals surface area contributed by atoms with E-state index in [0.717, 1.165) is 19.5 Å². The molecule has 1 aliphatic carbocycles. The predicted molar refractivity (Wildman–Crippen MR) is 78.7 cm³/mol. The summed E-state index contributed by atoms with van der Waals surface area (Å²) in [4.78, 5) is 0. The normalized spacial score (nSPS) is 17.6. The molecule has 0 radical (unpaired) electrons. The Morgan fingerprint density at radius 2 is 1.85 bits per heavy atom. The van der Waals surface area contributed by atoms with Gasteiger partial charge in [-0.15, -0.1) is 0 Å². The Morgan fingerprint density at radius 1 is 1.20 bits per heavy atom. The van der Waals surface area contributed by atoms with Crippen LogP contribution in [0.2, 0.25) is 0 Å². The van der Waals surface area contributed by atoms with Gasteiger partial charge in [0.25, 0.3) is 0 Å². The highest BCUT2D eigenvalue weighted by Crippen LogP contribution is 2.33. The fourth-order valence-corrected chi connectivity index (χ4v) is 3.29. The minimum atomic E-state index is -0.400. The second-order valence-corrected chi connectivity index (χ2v) is 5.91. The topological polar surface area (TPSA) is 12.0 Å². The van der Waals surface area contributed by atoms with E-state index in [2.05, 4.69) is 12.2 Å². The van der Waals surface area contributed by atoms with E-state index in [1.165, 1.54) is 43.9 Å². The summed E-state index contributed by atoms with van der Waals surface area (Å²) in [5.74, 6) is 0.154. The summed E-state index contributed by atoms with van der Waals surface area (Å²) in [6.45, 7) is 3.98.